The molecule has 2 aromatic rings. The van der Waals surface area contributed by atoms with Crippen LogP contribution in [0.5, 0.6) is 0 Å². The van der Waals surface area contributed by atoms with Crippen LogP contribution in [0.25, 0.3) is 0 Å². The molecule has 4 N–H and O–H groups in total. The van der Waals surface area contributed by atoms with Crippen LogP contribution in [0.4, 0.5) is 14.9 Å². The second kappa shape index (κ2) is 10.3. The number of likely N-dealkylation sites (tertiary alicyclic amines) is 1. The monoisotopic (exact) mass is 453 g/mol. The Bertz CT molecular complexity index is 939. The van der Waals surface area contributed by atoms with E-state index in [2.05, 4.69) is 15.6 Å². The molecule has 33 heavy (non-hydrogen) atoms. The summed E-state index contributed by atoms with van der Waals surface area (Å²) in [5, 5.41) is 5.97. The van der Waals surface area contributed by atoms with E-state index in [4.69, 9.17) is 5.73 Å². The van der Waals surface area contributed by atoms with Gasteiger partial charge in [-0.05, 0) is 61.4 Å². The number of carbonyl (C=O) groups excluding carboxylic acids is 2. The summed E-state index contributed by atoms with van der Waals surface area (Å²) in [4.78, 5) is 31.5. The first-order chi connectivity index (χ1) is 16.0. The number of anilines is 1. The summed E-state index contributed by atoms with van der Waals surface area (Å²) in [6.45, 7) is 1.65. The summed E-state index contributed by atoms with van der Waals surface area (Å²) in [5.74, 6) is -0.0769. The lowest BCUT2D eigenvalue weighted by molar-refractivity contribution is -0.126. The predicted molar refractivity (Wildman–Crippen MR) is 125 cm³/mol. The Morgan fingerprint density at radius 1 is 1.09 bits per heavy atom. The van der Waals surface area contributed by atoms with E-state index in [9.17, 15) is 14.0 Å². The van der Waals surface area contributed by atoms with Gasteiger partial charge in [-0.15, -0.1) is 0 Å². The van der Waals surface area contributed by atoms with Gasteiger partial charge in [0.15, 0.2) is 0 Å². The molecule has 2 fully saturated rings. The van der Waals surface area contributed by atoms with Crippen molar-refractivity contribution in [2.45, 2.75) is 50.0 Å². The van der Waals surface area contributed by atoms with E-state index in [0.717, 1.165) is 49.8 Å². The molecule has 1 saturated heterocycles. The maximum Gasteiger partial charge on any atom is 0.321 e. The molecular weight excluding hydrogens is 421 g/mol. The second-order valence-corrected chi connectivity index (χ2v) is 9.16. The van der Waals surface area contributed by atoms with Gasteiger partial charge < -0.3 is 21.3 Å². The van der Waals surface area contributed by atoms with Crippen molar-refractivity contribution in [3.05, 3.63) is 60.2 Å². The summed E-state index contributed by atoms with van der Waals surface area (Å²) in [6.07, 6.45) is 8.37. The summed E-state index contributed by atoms with van der Waals surface area (Å²) in [6, 6.07) is 9.52. The van der Waals surface area contributed by atoms with Crippen molar-refractivity contribution >= 4 is 17.6 Å². The predicted octanol–water partition coefficient (Wildman–Crippen LogP) is 3.42. The molecule has 1 aromatic heterocycles. The molecule has 0 spiro atoms. The minimum atomic E-state index is -0.595. The number of urea groups is 1. The first-order valence-electron chi connectivity index (χ1n) is 11.7. The molecule has 0 radical (unpaired) electrons. The quantitative estimate of drug-likeness (QED) is 0.624. The molecule has 3 amide bonds. The Morgan fingerprint density at radius 3 is 2.36 bits per heavy atom. The number of nitrogens with zero attached hydrogens (tertiary/aromatic N) is 2. The van der Waals surface area contributed by atoms with Crippen LogP contribution >= 0.6 is 0 Å². The fraction of sp³-hybridized carbons (Fsp3) is 0.480. The molecule has 1 aliphatic heterocycles. The van der Waals surface area contributed by atoms with E-state index >= 15 is 0 Å². The van der Waals surface area contributed by atoms with E-state index in [0.29, 0.717) is 19.6 Å². The van der Waals surface area contributed by atoms with Crippen molar-refractivity contribution in [1.82, 2.24) is 15.2 Å². The van der Waals surface area contributed by atoms with Crippen LogP contribution in [0.3, 0.4) is 0 Å². The van der Waals surface area contributed by atoms with Gasteiger partial charge in [0.05, 0.1) is 5.41 Å². The Morgan fingerprint density at radius 2 is 1.73 bits per heavy atom. The maximum absolute atomic E-state index is 13.4. The van der Waals surface area contributed by atoms with Crippen molar-refractivity contribution < 1.29 is 14.0 Å². The molecule has 1 aliphatic carbocycles. The van der Waals surface area contributed by atoms with Crippen LogP contribution < -0.4 is 16.4 Å². The van der Waals surface area contributed by atoms with Gasteiger partial charge in [-0.1, -0.05) is 25.0 Å². The number of rotatable bonds is 6. The molecule has 1 atom stereocenters. The summed E-state index contributed by atoms with van der Waals surface area (Å²) in [7, 11) is 0. The molecule has 1 saturated carbocycles. The lowest BCUT2D eigenvalue weighted by Gasteiger charge is -2.35. The van der Waals surface area contributed by atoms with E-state index in [-0.39, 0.29) is 29.7 Å². The molecule has 2 aliphatic rings. The van der Waals surface area contributed by atoms with Crippen LogP contribution in [-0.4, -0.2) is 47.5 Å². The van der Waals surface area contributed by atoms with Crippen molar-refractivity contribution in [3.63, 3.8) is 0 Å². The first kappa shape index (κ1) is 23.2. The van der Waals surface area contributed by atoms with Crippen molar-refractivity contribution in [2.24, 2.45) is 11.7 Å². The van der Waals surface area contributed by atoms with Gasteiger partial charge in [-0.25, -0.2) is 9.18 Å². The van der Waals surface area contributed by atoms with Gasteiger partial charge in [-0.2, -0.15) is 0 Å². The van der Waals surface area contributed by atoms with Gasteiger partial charge in [0.1, 0.15) is 5.82 Å². The van der Waals surface area contributed by atoms with Gasteiger partial charge in [0, 0.05) is 43.8 Å². The molecule has 4 rings (SSSR count). The molecule has 1 aromatic carbocycles. The average Bonchev–Trinajstić information content (AvgIpc) is 3.35. The topological polar surface area (TPSA) is 100 Å². The standard InChI is InChI=1S/C25H32FN5O2/c26-20-5-3-19(4-6-20)25(11-1-2-12-25)23(32)29-17-22(27)18-9-15-31(16-10-18)24(33)30-21-7-13-28-14-8-21/h3-8,13-14,18,22H,1-2,9-12,15-17,27H2,(H,29,32)(H,28,30,33). The number of piperidine rings is 1. The number of nitrogens with one attached hydrogen (secondary N) is 2. The molecule has 0 bridgehead atoms. The number of pyridine rings is 1. The highest BCUT2D eigenvalue weighted by Crippen LogP contribution is 2.41. The highest BCUT2D eigenvalue weighted by molar-refractivity contribution is 5.89. The second-order valence-electron chi connectivity index (χ2n) is 9.16. The molecule has 8 heteroatoms. The van der Waals surface area contributed by atoms with Crippen LogP contribution in [0.1, 0.15) is 44.1 Å². The molecule has 1 unspecified atom stereocenters. The maximum atomic E-state index is 13.4. The minimum Gasteiger partial charge on any atom is -0.354 e. The zero-order chi connectivity index (χ0) is 23.3. The number of nitrogens with two attached hydrogens (primary N) is 1. The highest BCUT2D eigenvalue weighted by Gasteiger charge is 2.42. The lowest BCUT2D eigenvalue weighted by atomic mass is 9.78. The normalized spacial score (nSPS) is 19.2. The lowest BCUT2D eigenvalue weighted by Crippen LogP contribution is -2.51. The fourth-order valence-corrected chi connectivity index (χ4v) is 5.11. The third-order valence-electron chi connectivity index (χ3n) is 7.15. The van der Waals surface area contributed by atoms with Crippen LogP contribution in [0.15, 0.2) is 48.8 Å². The van der Waals surface area contributed by atoms with Crippen LogP contribution in [0, 0.1) is 11.7 Å². The van der Waals surface area contributed by atoms with Gasteiger partial charge in [0.25, 0.3) is 0 Å². The number of aromatic nitrogens is 1. The summed E-state index contributed by atoms with van der Waals surface area (Å²) in [5.41, 5.74) is 7.45. The third kappa shape index (κ3) is 5.33. The minimum absolute atomic E-state index is 0.0174. The Labute approximate surface area is 193 Å². The zero-order valence-electron chi connectivity index (χ0n) is 18.8. The fourth-order valence-electron chi connectivity index (χ4n) is 5.11. The summed E-state index contributed by atoms with van der Waals surface area (Å²) >= 11 is 0. The smallest absolute Gasteiger partial charge is 0.321 e. The Kier molecular flexibility index (Phi) is 7.23. The number of halogens is 1. The Hall–Kier alpha value is -3.00. The van der Waals surface area contributed by atoms with Gasteiger partial charge >= 0.3 is 6.03 Å². The van der Waals surface area contributed by atoms with E-state index in [1.807, 2.05) is 0 Å². The van der Waals surface area contributed by atoms with Crippen molar-refractivity contribution in [1.29, 1.82) is 0 Å². The van der Waals surface area contributed by atoms with Gasteiger partial charge in [0.2, 0.25) is 5.91 Å². The first-order valence-corrected chi connectivity index (χ1v) is 11.7. The number of carbonyl (C=O) groups is 2. The molecule has 7 nitrogen and oxygen atoms in total. The van der Waals surface area contributed by atoms with E-state index in [1.165, 1.54) is 12.1 Å². The SMILES string of the molecule is NC(CNC(=O)C1(c2ccc(F)cc2)CCCC1)C1CCN(C(=O)Nc2ccncc2)CC1. The van der Waals surface area contributed by atoms with Gasteiger partial charge in [-0.3, -0.25) is 9.78 Å². The van der Waals surface area contributed by atoms with Crippen LogP contribution in [-0.2, 0) is 10.2 Å². The van der Waals surface area contributed by atoms with E-state index < -0.39 is 5.41 Å². The summed E-state index contributed by atoms with van der Waals surface area (Å²) < 4.78 is 13.4. The van der Waals surface area contributed by atoms with Crippen molar-refractivity contribution in [3.8, 4) is 0 Å². The average molecular weight is 454 g/mol. The number of hydrogen-bond acceptors (Lipinski definition) is 4. The van der Waals surface area contributed by atoms with Crippen LogP contribution in [0.2, 0.25) is 0 Å². The van der Waals surface area contributed by atoms with Crippen molar-refractivity contribution in [2.75, 3.05) is 25.0 Å². The largest absolute Gasteiger partial charge is 0.354 e. The number of amides is 3. The molecule has 2 heterocycles. The third-order valence-corrected chi connectivity index (χ3v) is 7.15. The zero-order valence-corrected chi connectivity index (χ0v) is 18.8. The Balaban J connectivity index is 1.27. The highest BCUT2D eigenvalue weighted by atomic mass is 19.1. The number of benzene rings is 1. The molecule has 176 valence electrons. The number of hydrogen-bond donors (Lipinski definition) is 3. The van der Waals surface area contributed by atoms with E-state index in [1.54, 1.807) is 41.6 Å². The molecular formula is C25H32FN5O2.